The SMILES string of the molecule is CC(C)(C)OC(=O)N[C@@H]1Cc2ccc(F)c(Oc3cc(F)ccc3Cl)c2NC1=O. The lowest BCUT2D eigenvalue weighted by atomic mass is 9.98. The largest absolute Gasteiger partial charge is 0.450 e. The van der Waals surface area contributed by atoms with Crippen molar-refractivity contribution < 1.29 is 27.8 Å². The molecule has 154 valence electrons. The normalized spacial score (nSPS) is 15.9. The Hall–Kier alpha value is -2.87. The summed E-state index contributed by atoms with van der Waals surface area (Å²) in [4.78, 5) is 24.4. The van der Waals surface area contributed by atoms with Crippen LogP contribution in [-0.2, 0) is 16.0 Å². The molecule has 0 fully saturated rings. The first-order chi connectivity index (χ1) is 13.5. The summed E-state index contributed by atoms with van der Waals surface area (Å²) in [5.74, 6) is -2.33. The molecule has 0 aromatic heterocycles. The number of amides is 2. The van der Waals surface area contributed by atoms with Crippen LogP contribution in [0.3, 0.4) is 0 Å². The van der Waals surface area contributed by atoms with Crippen molar-refractivity contribution in [3.05, 3.63) is 52.6 Å². The van der Waals surface area contributed by atoms with Gasteiger partial charge in [0.2, 0.25) is 5.91 Å². The van der Waals surface area contributed by atoms with Crippen molar-refractivity contribution >= 4 is 29.3 Å². The molecule has 0 aliphatic carbocycles. The van der Waals surface area contributed by atoms with Gasteiger partial charge in [-0.2, -0.15) is 0 Å². The van der Waals surface area contributed by atoms with Gasteiger partial charge in [-0.15, -0.1) is 0 Å². The van der Waals surface area contributed by atoms with Crippen LogP contribution in [0, 0.1) is 11.6 Å². The van der Waals surface area contributed by atoms with Gasteiger partial charge in [0, 0.05) is 12.5 Å². The molecule has 0 saturated heterocycles. The lowest BCUT2D eigenvalue weighted by molar-refractivity contribution is -0.118. The van der Waals surface area contributed by atoms with E-state index in [-0.39, 0.29) is 28.6 Å². The summed E-state index contributed by atoms with van der Waals surface area (Å²) < 4.78 is 38.5. The van der Waals surface area contributed by atoms with Crippen LogP contribution in [0.2, 0.25) is 5.02 Å². The average molecular weight is 425 g/mol. The van der Waals surface area contributed by atoms with Gasteiger partial charge in [0.15, 0.2) is 11.6 Å². The van der Waals surface area contributed by atoms with Crippen LogP contribution in [0.15, 0.2) is 30.3 Å². The Labute approximate surface area is 171 Å². The summed E-state index contributed by atoms with van der Waals surface area (Å²) in [7, 11) is 0. The van der Waals surface area contributed by atoms with E-state index in [0.29, 0.717) is 5.56 Å². The van der Waals surface area contributed by atoms with Gasteiger partial charge < -0.3 is 20.1 Å². The van der Waals surface area contributed by atoms with Crippen molar-refractivity contribution in [2.45, 2.75) is 38.8 Å². The van der Waals surface area contributed by atoms with Gasteiger partial charge in [0.05, 0.1) is 10.7 Å². The third kappa shape index (κ3) is 4.95. The molecule has 0 radical (unpaired) electrons. The molecule has 3 rings (SSSR count). The molecule has 0 bridgehead atoms. The topological polar surface area (TPSA) is 76.7 Å². The smallest absolute Gasteiger partial charge is 0.408 e. The summed E-state index contributed by atoms with van der Waals surface area (Å²) in [6.45, 7) is 5.10. The molecular weight excluding hydrogens is 406 g/mol. The predicted molar refractivity (Wildman–Crippen MR) is 103 cm³/mol. The van der Waals surface area contributed by atoms with E-state index in [1.807, 2.05) is 0 Å². The summed E-state index contributed by atoms with van der Waals surface area (Å²) in [5, 5.41) is 5.10. The zero-order valence-electron chi connectivity index (χ0n) is 15.9. The maximum Gasteiger partial charge on any atom is 0.408 e. The molecule has 29 heavy (non-hydrogen) atoms. The van der Waals surface area contributed by atoms with E-state index in [0.717, 1.165) is 18.2 Å². The molecule has 9 heteroatoms. The minimum absolute atomic E-state index is 0.0787. The Morgan fingerprint density at radius 1 is 1.24 bits per heavy atom. The standard InChI is InChI=1S/C20H19ClF2N2O4/c1-20(2,3)29-19(27)24-14-8-10-4-7-13(23)17(16(10)25-18(14)26)28-15-9-11(22)5-6-12(15)21/h4-7,9,14H,8H2,1-3H3,(H,24,27)(H,25,26)/t14-/m1/s1. The van der Waals surface area contributed by atoms with Crippen LogP contribution in [0.4, 0.5) is 19.3 Å². The monoisotopic (exact) mass is 424 g/mol. The van der Waals surface area contributed by atoms with Gasteiger partial charge in [0.25, 0.3) is 0 Å². The number of carbonyl (C=O) groups excluding carboxylic acids is 2. The highest BCUT2D eigenvalue weighted by molar-refractivity contribution is 6.32. The second-order valence-electron chi connectivity index (χ2n) is 7.48. The van der Waals surface area contributed by atoms with E-state index in [2.05, 4.69) is 10.6 Å². The summed E-state index contributed by atoms with van der Waals surface area (Å²) >= 11 is 5.98. The number of ether oxygens (including phenoxy) is 2. The highest BCUT2D eigenvalue weighted by Gasteiger charge is 2.32. The first kappa shape index (κ1) is 20.9. The van der Waals surface area contributed by atoms with E-state index in [1.165, 1.54) is 12.1 Å². The van der Waals surface area contributed by atoms with Gasteiger partial charge in [-0.25, -0.2) is 13.6 Å². The second-order valence-corrected chi connectivity index (χ2v) is 7.89. The molecule has 1 heterocycles. The molecule has 6 nitrogen and oxygen atoms in total. The van der Waals surface area contributed by atoms with E-state index < -0.39 is 35.3 Å². The maximum atomic E-state index is 14.4. The Balaban J connectivity index is 1.86. The molecule has 2 N–H and O–H groups in total. The van der Waals surface area contributed by atoms with Crippen LogP contribution in [-0.4, -0.2) is 23.6 Å². The molecule has 1 aliphatic heterocycles. The Kier molecular flexibility index (Phi) is 5.66. The number of halogens is 3. The fourth-order valence-corrected chi connectivity index (χ4v) is 2.92. The Bertz CT molecular complexity index is 976. The van der Waals surface area contributed by atoms with Crippen LogP contribution >= 0.6 is 11.6 Å². The summed E-state index contributed by atoms with van der Waals surface area (Å²) in [6.07, 6.45) is -0.653. The van der Waals surface area contributed by atoms with Gasteiger partial charge in [0.1, 0.15) is 23.2 Å². The first-order valence-corrected chi connectivity index (χ1v) is 9.16. The fraction of sp³-hybridized carbons (Fsp3) is 0.300. The molecule has 0 saturated carbocycles. The van der Waals surface area contributed by atoms with Gasteiger partial charge in [-0.1, -0.05) is 17.7 Å². The molecular formula is C20H19ClF2N2O4. The maximum absolute atomic E-state index is 14.4. The van der Waals surface area contributed by atoms with Crippen molar-refractivity contribution in [1.82, 2.24) is 5.32 Å². The number of alkyl carbamates (subject to hydrolysis) is 1. The molecule has 0 unspecified atom stereocenters. The molecule has 0 spiro atoms. The van der Waals surface area contributed by atoms with E-state index >= 15 is 0 Å². The molecule has 1 aliphatic rings. The van der Waals surface area contributed by atoms with Crippen LogP contribution in [0.5, 0.6) is 11.5 Å². The molecule has 1 atom stereocenters. The zero-order chi connectivity index (χ0) is 21.3. The van der Waals surface area contributed by atoms with Crippen molar-refractivity contribution in [3.63, 3.8) is 0 Å². The minimum Gasteiger partial charge on any atom is -0.450 e. The third-order valence-electron chi connectivity index (χ3n) is 3.98. The predicted octanol–water partition coefficient (Wildman–Crippen LogP) is 4.80. The Morgan fingerprint density at radius 2 is 1.97 bits per heavy atom. The number of benzene rings is 2. The van der Waals surface area contributed by atoms with E-state index in [4.69, 9.17) is 21.1 Å². The highest BCUT2D eigenvalue weighted by atomic mass is 35.5. The van der Waals surface area contributed by atoms with E-state index in [9.17, 15) is 18.4 Å². The number of nitrogens with one attached hydrogen (secondary N) is 2. The van der Waals surface area contributed by atoms with Gasteiger partial charge >= 0.3 is 6.09 Å². The third-order valence-corrected chi connectivity index (χ3v) is 4.29. The van der Waals surface area contributed by atoms with Crippen molar-refractivity contribution in [2.75, 3.05) is 5.32 Å². The molecule has 2 aromatic carbocycles. The quantitative estimate of drug-likeness (QED) is 0.742. The number of fused-ring (bicyclic) bond motifs is 1. The lowest BCUT2D eigenvalue weighted by Crippen LogP contribution is -2.49. The van der Waals surface area contributed by atoms with Crippen molar-refractivity contribution in [3.8, 4) is 11.5 Å². The zero-order valence-corrected chi connectivity index (χ0v) is 16.7. The highest BCUT2D eigenvalue weighted by Crippen LogP contribution is 2.40. The van der Waals surface area contributed by atoms with Gasteiger partial charge in [-0.3, -0.25) is 4.79 Å². The minimum atomic E-state index is -0.909. The van der Waals surface area contributed by atoms with Crippen LogP contribution in [0.1, 0.15) is 26.3 Å². The van der Waals surface area contributed by atoms with Gasteiger partial charge in [-0.05, 0) is 44.5 Å². The number of anilines is 1. The molecule has 2 amide bonds. The van der Waals surface area contributed by atoms with Crippen LogP contribution < -0.4 is 15.4 Å². The summed E-state index contributed by atoms with van der Waals surface area (Å²) in [5.41, 5.74) is -0.103. The van der Waals surface area contributed by atoms with Crippen LogP contribution in [0.25, 0.3) is 0 Å². The van der Waals surface area contributed by atoms with Crippen molar-refractivity contribution in [2.24, 2.45) is 0 Å². The average Bonchev–Trinajstić information content (AvgIpc) is 2.60. The Morgan fingerprint density at radius 3 is 2.66 bits per heavy atom. The second kappa shape index (κ2) is 7.87. The number of carbonyl (C=O) groups is 2. The first-order valence-electron chi connectivity index (χ1n) is 8.78. The van der Waals surface area contributed by atoms with Crippen molar-refractivity contribution in [1.29, 1.82) is 0 Å². The van der Waals surface area contributed by atoms with E-state index in [1.54, 1.807) is 20.8 Å². The fourth-order valence-electron chi connectivity index (χ4n) is 2.76. The number of hydrogen-bond donors (Lipinski definition) is 2. The number of rotatable bonds is 3. The lowest BCUT2D eigenvalue weighted by Gasteiger charge is -2.28. The summed E-state index contributed by atoms with van der Waals surface area (Å²) in [6, 6.07) is 5.14. The molecule has 2 aromatic rings. The number of hydrogen-bond acceptors (Lipinski definition) is 4.